The quantitative estimate of drug-likeness (QED) is 0.586. The first-order valence-electron chi connectivity index (χ1n) is 8.47. The fourth-order valence-electron chi connectivity index (χ4n) is 2.64. The van der Waals surface area contributed by atoms with Gasteiger partial charge in [-0.25, -0.2) is 4.79 Å². The first-order chi connectivity index (χ1) is 11.9. The van der Waals surface area contributed by atoms with Crippen LogP contribution in [0, 0.1) is 0 Å². The number of amides is 1. The number of ether oxygens (including phenoxy) is 1. The van der Waals surface area contributed by atoms with E-state index in [4.69, 9.17) is 4.74 Å². The highest BCUT2D eigenvalue weighted by Gasteiger charge is 2.15. The molecule has 0 fully saturated rings. The molecule has 0 saturated heterocycles. The van der Waals surface area contributed by atoms with E-state index in [-0.39, 0.29) is 6.09 Å². The predicted octanol–water partition coefficient (Wildman–Crippen LogP) is 5.98. The summed E-state index contributed by atoms with van der Waals surface area (Å²) in [6.45, 7) is 6.14. The Bertz CT molecular complexity index is 918. The highest BCUT2D eigenvalue weighted by molar-refractivity contribution is 7.25. The molecule has 25 heavy (non-hydrogen) atoms. The molecule has 1 heterocycles. The molecule has 0 unspecified atom stereocenters. The zero-order valence-corrected chi connectivity index (χ0v) is 15.7. The highest BCUT2D eigenvalue weighted by atomic mass is 32.1. The second kappa shape index (κ2) is 7.28. The Morgan fingerprint density at radius 1 is 1.12 bits per heavy atom. The van der Waals surface area contributed by atoms with E-state index in [9.17, 15) is 4.79 Å². The first kappa shape index (κ1) is 17.5. The molecule has 130 valence electrons. The molecule has 0 atom stereocenters. The van der Waals surface area contributed by atoms with Crippen molar-refractivity contribution < 1.29 is 9.53 Å². The standard InChI is InChI=1S/C21H23NO2S/c1-21(2,3)24-20(23)22-13-7-6-8-15-11-12-19-17(14-15)16-9-4-5-10-18(16)25-19/h4-6,8-12,14H,7,13H2,1-3H3,(H,22,23). The average molecular weight is 353 g/mol. The zero-order chi connectivity index (χ0) is 17.9. The lowest BCUT2D eigenvalue weighted by Crippen LogP contribution is -2.32. The van der Waals surface area contributed by atoms with E-state index < -0.39 is 5.60 Å². The van der Waals surface area contributed by atoms with E-state index in [1.807, 2.05) is 32.1 Å². The van der Waals surface area contributed by atoms with E-state index in [0.29, 0.717) is 6.54 Å². The summed E-state index contributed by atoms with van der Waals surface area (Å²) in [5, 5.41) is 5.37. The fraction of sp³-hybridized carbons (Fsp3) is 0.286. The number of carbonyl (C=O) groups is 1. The molecule has 1 amide bonds. The molecular formula is C21H23NO2S. The Morgan fingerprint density at radius 2 is 1.88 bits per heavy atom. The maximum atomic E-state index is 11.6. The largest absolute Gasteiger partial charge is 0.444 e. The van der Waals surface area contributed by atoms with Crippen molar-refractivity contribution in [3.05, 3.63) is 54.1 Å². The van der Waals surface area contributed by atoms with Crippen LogP contribution in [0.2, 0.25) is 0 Å². The molecule has 3 rings (SSSR count). The van der Waals surface area contributed by atoms with Gasteiger partial charge in [-0.2, -0.15) is 0 Å². The lowest BCUT2D eigenvalue weighted by atomic mass is 10.1. The lowest BCUT2D eigenvalue weighted by molar-refractivity contribution is 0.0529. The Hall–Kier alpha value is -2.33. The van der Waals surface area contributed by atoms with Gasteiger partial charge in [0.1, 0.15) is 5.60 Å². The van der Waals surface area contributed by atoms with E-state index in [1.54, 1.807) is 0 Å². The number of hydrogen-bond donors (Lipinski definition) is 1. The maximum Gasteiger partial charge on any atom is 0.407 e. The summed E-state index contributed by atoms with van der Waals surface area (Å²) in [6, 6.07) is 15.0. The van der Waals surface area contributed by atoms with Crippen molar-refractivity contribution in [2.24, 2.45) is 0 Å². The number of thiophene rings is 1. The molecule has 4 heteroatoms. The van der Waals surface area contributed by atoms with E-state index in [1.165, 1.54) is 25.7 Å². The second-order valence-electron chi connectivity index (χ2n) is 6.97. The second-order valence-corrected chi connectivity index (χ2v) is 8.06. The van der Waals surface area contributed by atoms with E-state index in [0.717, 1.165) is 6.42 Å². The van der Waals surface area contributed by atoms with Crippen LogP contribution in [0.1, 0.15) is 32.8 Å². The van der Waals surface area contributed by atoms with Gasteiger partial charge in [-0.1, -0.05) is 36.4 Å². The molecular weight excluding hydrogens is 330 g/mol. The number of rotatable bonds is 4. The summed E-state index contributed by atoms with van der Waals surface area (Å²) in [5.41, 5.74) is 0.715. The Kier molecular flexibility index (Phi) is 5.09. The van der Waals surface area contributed by atoms with Crippen molar-refractivity contribution in [1.29, 1.82) is 0 Å². The summed E-state index contributed by atoms with van der Waals surface area (Å²) in [7, 11) is 0. The van der Waals surface area contributed by atoms with Crippen LogP contribution in [0.15, 0.2) is 48.5 Å². The normalized spacial score (nSPS) is 12.1. The molecule has 0 saturated carbocycles. The number of hydrogen-bond acceptors (Lipinski definition) is 3. The minimum Gasteiger partial charge on any atom is -0.444 e. The molecule has 1 aromatic heterocycles. The molecule has 0 aliphatic heterocycles. The topological polar surface area (TPSA) is 38.3 Å². The average Bonchev–Trinajstić information content (AvgIpc) is 2.91. The minimum atomic E-state index is -0.460. The van der Waals surface area contributed by atoms with Crippen molar-refractivity contribution >= 4 is 43.7 Å². The van der Waals surface area contributed by atoms with E-state index in [2.05, 4.69) is 59.9 Å². The third kappa shape index (κ3) is 4.60. The van der Waals surface area contributed by atoms with Crippen molar-refractivity contribution in [3.8, 4) is 0 Å². The fourth-order valence-corrected chi connectivity index (χ4v) is 3.72. The van der Waals surface area contributed by atoms with Gasteiger partial charge >= 0.3 is 6.09 Å². The highest BCUT2D eigenvalue weighted by Crippen LogP contribution is 2.34. The first-order valence-corrected chi connectivity index (χ1v) is 9.29. The van der Waals surface area contributed by atoms with Crippen molar-refractivity contribution in [2.75, 3.05) is 6.54 Å². The Labute approximate surface area is 152 Å². The van der Waals surface area contributed by atoms with Gasteiger partial charge in [0.25, 0.3) is 0 Å². The zero-order valence-electron chi connectivity index (χ0n) is 14.8. The van der Waals surface area contributed by atoms with Crippen LogP contribution in [0.5, 0.6) is 0 Å². The summed E-state index contributed by atoms with van der Waals surface area (Å²) in [6.07, 6.45) is 4.57. The van der Waals surface area contributed by atoms with Gasteiger partial charge in [0.15, 0.2) is 0 Å². The van der Waals surface area contributed by atoms with Gasteiger partial charge in [0.2, 0.25) is 0 Å². The van der Waals surface area contributed by atoms with Crippen molar-refractivity contribution in [3.63, 3.8) is 0 Å². The smallest absolute Gasteiger partial charge is 0.407 e. The van der Waals surface area contributed by atoms with Gasteiger partial charge in [-0.05, 0) is 51.0 Å². The number of carbonyl (C=O) groups excluding carboxylic acids is 1. The van der Waals surface area contributed by atoms with Crippen LogP contribution in [0.25, 0.3) is 26.2 Å². The maximum absolute atomic E-state index is 11.6. The molecule has 0 aliphatic rings. The third-order valence-electron chi connectivity index (χ3n) is 3.69. The lowest BCUT2D eigenvalue weighted by Gasteiger charge is -2.19. The third-order valence-corrected chi connectivity index (χ3v) is 4.84. The molecule has 3 aromatic rings. The van der Waals surface area contributed by atoms with Gasteiger partial charge in [0, 0.05) is 26.7 Å². The monoisotopic (exact) mass is 353 g/mol. The van der Waals surface area contributed by atoms with Crippen molar-refractivity contribution in [1.82, 2.24) is 5.32 Å². The van der Waals surface area contributed by atoms with Crippen LogP contribution in [-0.4, -0.2) is 18.2 Å². The number of alkyl carbamates (subject to hydrolysis) is 1. The predicted molar refractivity (Wildman–Crippen MR) is 107 cm³/mol. The van der Waals surface area contributed by atoms with Crippen LogP contribution in [0.4, 0.5) is 4.79 Å². The summed E-state index contributed by atoms with van der Waals surface area (Å²) >= 11 is 1.82. The van der Waals surface area contributed by atoms with Crippen LogP contribution >= 0.6 is 11.3 Å². The SMILES string of the molecule is CC(C)(C)OC(=O)NCCC=Cc1ccc2sc3ccccc3c2c1. The summed E-state index contributed by atoms with van der Waals surface area (Å²) in [4.78, 5) is 11.6. The molecule has 1 N–H and O–H groups in total. The number of benzene rings is 2. The molecule has 0 aliphatic carbocycles. The Morgan fingerprint density at radius 3 is 2.68 bits per heavy atom. The van der Waals surface area contributed by atoms with Gasteiger partial charge in [-0.3, -0.25) is 0 Å². The van der Waals surface area contributed by atoms with Crippen molar-refractivity contribution in [2.45, 2.75) is 32.8 Å². The summed E-state index contributed by atoms with van der Waals surface area (Å²) in [5.74, 6) is 0. The Balaban J connectivity index is 1.60. The molecule has 2 aromatic carbocycles. The molecule has 0 radical (unpaired) electrons. The summed E-state index contributed by atoms with van der Waals surface area (Å²) < 4.78 is 7.84. The van der Waals surface area contributed by atoms with Crippen LogP contribution in [0.3, 0.4) is 0 Å². The molecule has 3 nitrogen and oxygen atoms in total. The minimum absolute atomic E-state index is 0.368. The van der Waals surface area contributed by atoms with Gasteiger partial charge in [0.05, 0.1) is 0 Å². The molecule has 0 spiro atoms. The van der Waals surface area contributed by atoms with E-state index >= 15 is 0 Å². The van der Waals surface area contributed by atoms with Gasteiger partial charge in [-0.15, -0.1) is 11.3 Å². The molecule has 0 bridgehead atoms. The van der Waals surface area contributed by atoms with Crippen LogP contribution < -0.4 is 5.32 Å². The number of fused-ring (bicyclic) bond motifs is 3. The van der Waals surface area contributed by atoms with Crippen LogP contribution in [-0.2, 0) is 4.74 Å². The van der Waals surface area contributed by atoms with Gasteiger partial charge < -0.3 is 10.1 Å². The number of nitrogens with one attached hydrogen (secondary N) is 1.